The number of carbonyl (C=O) groups is 2. The summed E-state index contributed by atoms with van der Waals surface area (Å²) in [6.45, 7) is 2.32. The number of esters is 1. The third kappa shape index (κ3) is 4.43. The quantitative estimate of drug-likeness (QED) is 0.544. The highest BCUT2D eigenvalue weighted by molar-refractivity contribution is 7.99. The summed E-state index contributed by atoms with van der Waals surface area (Å²) in [6, 6.07) is 6.74. The molecule has 0 saturated carbocycles. The number of methoxy groups -OCH3 is 1. The highest BCUT2D eigenvalue weighted by atomic mass is 35.5. The summed E-state index contributed by atoms with van der Waals surface area (Å²) >= 11 is 7.79. The molecule has 1 saturated heterocycles. The Hall–Kier alpha value is -1.24. The Labute approximate surface area is 151 Å². The third-order valence-corrected chi connectivity index (χ3v) is 5.39. The Kier molecular flexibility index (Phi) is 7.40. The van der Waals surface area contributed by atoms with Gasteiger partial charge in [-0.05, 0) is 12.5 Å². The summed E-state index contributed by atoms with van der Waals surface area (Å²) in [5.74, 6) is -0.129. The first-order valence-corrected chi connectivity index (χ1v) is 9.35. The molecule has 2 rings (SSSR count). The zero-order valence-electron chi connectivity index (χ0n) is 13.9. The van der Waals surface area contributed by atoms with Crippen molar-refractivity contribution in [2.75, 3.05) is 26.1 Å². The normalized spacial score (nSPS) is 20.2. The average Bonchev–Trinajstić information content (AvgIpc) is 3.00. The Morgan fingerprint density at radius 3 is 2.79 bits per heavy atom. The van der Waals surface area contributed by atoms with Crippen molar-refractivity contribution in [2.45, 2.75) is 31.2 Å². The van der Waals surface area contributed by atoms with Crippen LogP contribution >= 0.6 is 23.4 Å². The van der Waals surface area contributed by atoms with Crippen LogP contribution in [0.4, 0.5) is 0 Å². The van der Waals surface area contributed by atoms with Crippen molar-refractivity contribution in [3.05, 3.63) is 34.9 Å². The van der Waals surface area contributed by atoms with Crippen molar-refractivity contribution in [1.82, 2.24) is 4.90 Å². The van der Waals surface area contributed by atoms with Crippen LogP contribution < -0.4 is 0 Å². The molecule has 0 aromatic heterocycles. The molecule has 1 aromatic carbocycles. The fourth-order valence-electron chi connectivity index (χ4n) is 2.52. The van der Waals surface area contributed by atoms with Crippen molar-refractivity contribution in [2.24, 2.45) is 0 Å². The van der Waals surface area contributed by atoms with Crippen LogP contribution in [-0.2, 0) is 19.1 Å². The summed E-state index contributed by atoms with van der Waals surface area (Å²) in [7, 11) is 1.46. The first kappa shape index (κ1) is 19.1. The van der Waals surface area contributed by atoms with Gasteiger partial charge in [0.25, 0.3) is 0 Å². The first-order valence-electron chi connectivity index (χ1n) is 7.92. The van der Waals surface area contributed by atoms with Gasteiger partial charge < -0.3 is 14.4 Å². The maximum absolute atomic E-state index is 12.5. The number of nitrogens with zero attached hydrogens (tertiary/aromatic N) is 1. The van der Waals surface area contributed by atoms with Crippen molar-refractivity contribution in [1.29, 1.82) is 0 Å². The molecule has 1 aromatic rings. The summed E-state index contributed by atoms with van der Waals surface area (Å²) in [6.07, 6.45) is 1.76. The SMILES string of the molecule is CCCCOC(=O)C1CSC(c2ccccc2Cl)N1C(=O)COC. The van der Waals surface area contributed by atoms with Crippen molar-refractivity contribution in [3.8, 4) is 0 Å². The number of benzene rings is 1. The Morgan fingerprint density at radius 2 is 2.12 bits per heavy atom. The second kappa shape index (κ2) is 9.30. The van der Waals surface area contributed by atoms with Gasteiger partial charge in [0.2, 0.25) is 5.91 Å². The molecule has 1 aliphatic rings. The van der Waals surface area contributed by atoms with Crippen LogP contribution in [0, 0.1) is 0 Å². The van der Waals surface area contributed by atoms with Crippen molar-refractivity contribution < 1.29 is 19.1 Å². The van der Waals surface area contributed by atoms with Crippen molar-refractivity contribution >= 4 is 35.2 Å². The van der Waals surface area contributed by atoms with E-state index in [1.807, 2.05) is 25.1 Å². The molecule has 2 unspecified atom stereocenters. The highest BCUT2D eigenvalue weighted by Crippen LogP contribution is 2.44. The van der Waals surface area contributed by atoms with Gasteiger partial charge in [0.1, 0.15) is 18.0 Å². The molecule has 1 heterocycles. The molecular formula is C17H22ClNO4S. The number of thioether (sulfide) groups is 1. The fourth-order valence-corrected chi connectivity index (χ4v) is 4.29. The van der Waals surface area contributed by atoms with Gasteiger partial charge in [0.15, 0.2) is 0 Å². The number of carbonyl (C=O) groups excluding carboxylic acids is 2. The molecule has 0 spiro atoms. The van der Waals surface area contributed by atoms with Crippen LogP contribution in [0.1, 0.15) is 30.7 Å². The lowest BCUT2D eigenvalue weighted by Gasteiger charge is -2.28. The topological polar surface area (TPSA) is 55.8 Å². The Balaban J connectivity index is 2.21. The summed E-state index contributed by atoms with van der Waals surface area (Å²) in [5.41, 5.74) is 0.817. The minimum absolute atomic E-state index is 0.0831. The van der Waals surface area contributed by atoms with Gasteiger partial charge in [-0.2, -0.15) is 0 Å². The van der Waals surface area contributed by atoms with E-state index in [1.54, 1.807) is 11.0 Å². The number of amides is 1. The van der Waals surface area contributed by atoms with Gasteiger partial charge >= 0.3 is 5.97 Å². The first-order chi connectivity index (χ1) is 11.6. The number of hydrogen-bond donors (Lipinski definition) is 0. The van der Waals surface area contributed by atoms with E-state index in [0.717, 1.165) is 18.4 Å². The smallest absolute Gasteiger partial charge is 0.329 e. The van der Waals surface area contributed by atoms with Gasteiger partial charge in [-0.25, -0.2) is 4.79 Å². The number of hydrogen-bond acceptors (Lipinski definition) is 5. The van der Waals surface area contributed by atoms with Crippen molar-refractivity contribution in [3.63, 3.8) is 0 Å². The molecule has 0 N–H and O–H groups in total. The lowest BCUT2D eigenvalue weighted by molar-refractivity contribution is -0.155. The van der Waals surface area contributed by atoms with Gasteiger partial charge in [0, 0.05) is 23.4 Å². The summed E-state index contributed by atoms with van der Waals surface area (Å²) in [5, 5.41) is 0.260. The van der Waals surface area contributed by atoms with Crippen LogP contribution in [-0.4, -0.2) is 48.9 Å². The van der Waals surface area contributed by atoms with Gasteiger partial charge in [-0.3, -0.25) is 4.79 Å². The number of rotatable bonds is 7. The highest BCUT2D eigenvalue weighted by Gasteiger charge is 2.43. The van der Waals surface area contributed by atoms with Crippen LogP contribution in [0.2, 0.25) is 5.02 Å². The molecule has 0 bridgehead atoms. The zero-order chi connectivity index (χ0) is 17.5. The maximum atomic E-state index is 12.5. The van der Waals surface area contributed by atoms with Crippen LogP contribution in [0.25, 0.3) is 0 Å². The molecule has 0 aliphatic carbocycles. The van der Waals surface area contributed by atoms with E-state index in [-0.39, 0.29) is 23.9 Å². The van der Waals surface area contributed by atoms with Gasteiger partial charge in [-0.15, -0.1) is 11.8 Å². The molecule has 132 valence electrons. The Morgan fingerprint density at radius 1 is 1.38 bits per heavy atom. The monoisotopic (exact) mass is 371 g/mol. The predicted molar refractivity (Wildman–Crippen MR) is 95.0 cm³/mol. The average molecular weight is 372 g/mol. The van der Waals surface area contributed by atoms with E-state index >= 15 is 0 Å². The molecular weight excluding hydrogens is 350 g/mol. The largest absolute Gasteiger partial charge is 0.464 e. The van der Waals surface area contributed by atoms with E-state index in [2.05, 4.69) is 0 Å². The number of unbranched alkanes of at least 4 members (excludes halogenated alkanes) is 1. The van der Waals surface area contributed by atoms with Crippen LogP contribution in [0.3, 0.4) is 0 Å². The van der Waals surface area contributed by atoms with E-state index < -0.39 is 6.04 Å². The van der Waals surface area contributed by atoms with E-state index in [4.69, 9.17) is 21.1 Å². The standard InChI is InChI=1S/C17H22ClNO4S/c1-3-4-9-23-17(21)14-11-24-16(19(14)15(20)10-22-2)12-7-5-6-8-13(12)18/h5-8,14,16H,3-4,9-11H2,1-2H3. The predicted octanol–water partition coefficient (Wildman–Crippen LogP) is 3.27. The summed E-state index contributed by atoms with van der Waals surface area (Å²) in [4.78, 5) is 26.5. The third-order valence-electron chi connectivity index (χ3n) is 3.74. The fraction of sp³-hybridized carbons (Fsp3) is 0.529. The molecule has 24 heavy (non-hydrogen) atoms. The molecule has 5 nitrogen and oxygen atoms in total. The molecule has 0 radical (unpaired) electrons. The minimum atomic E-state index is -0.615. The molecule has 2 atom stereocenters. The molecule has 1 aliphatic heterocycles. The van der Waals surface area contributed by atoms with E-state index in [0.29, 0.717) is 17.4 Å². The molecule has 7 heteroatoms. The lowest BCUT2D eigenvalue weighted by atomic mass is 10.1. The van der Waals surface area contributed by atoms with E-state index in [9.17, 15) is 9.59 Å². The zero-order valence-corrected chi connectivity index (χ0v) is 15.4. The lowest BCUT2D eigenvalue weighted by Crippen LogP contribution is -2.45. The van der Waals surface area contributed by atoms with Crippen LogP contribution in [0.5, 0.6) is 0 Å². The van der Waals surface area contributed by atoms with Gasteiger partial charge in [0.05, 0.1) is 6.61 Å². The van der Waals surface area contributed by atoms with Crippen LogP contribution in [0.15, 0.2) is 24.3 Å². The second-order valence-corrected chi connectivity index (χ2v) is 7.00. The minimum Gasteiger partial charge on any atom is -0.464 e. The second-order valence-electron chi connectivity index (χ2n) is 5.48. The van der Waals surface area contributed by atoms with Gasteiger partial charge in [-0.1, -0.05) is 43.1 Å². The number of ether oxygens (including phenoxy) is 2. The van der Waals surface area contributed by atoms with E-state index in [1.165, 1.54) is 18.9 Å². The maximum Gasteiger partial charge on any atom is 0.329 e. The number of halogens is 1. The molecule has 1 amide bonds. The summed E-state index contributed by atoms with van der Waals surface area (Å²) < 4.78 is 10.3. The Bertz CT molecular complexity index is 583. The molecule has 1 fully saturated rings.